The SMILES string of the molecule is O=C(O)C1Cc2ccccc2CN1C(=O)Cc1cccc(OCC(F)(F)F)c1. The van der Waals surface area contributed by atoms with E-state index in [-0.39, 0.29) is 25.1 Å². The van der Waals surface area contributed by atoms with Crippen molar-refractivity contribution < 1.29 is 32.6 Å². The first kappa shape index (κ1) is 19.7. The van der Waals surface area contributed by atoms with E-state index in [0.717, 1.165) is 11.1 Å². The Morgan fingerprint density at radius 1 is 1.11 bits per heavy atom. The van der Waals surface area contributed by atoms with Crippen LogP contribution in [0.25, 0.3) is 0 Å². The lowest BCUT2D eigenvalue weighted by Crippen LogP contribution is -2.49. The number of benzene rings is 2. The second-order valence-corrected chi connectivity index (χ2v) is 6.58. The summed E-state index contributed by atoms with van der Waals surface area (Å²) in [5.41, 5.74) is 2.23. The minimum absolute atomic E-state index is 0.00130. The molecule has 1 aliphatic heterocycles. The van der Waals surface area contributed by atoms with Crippen molar-refractivity contribution in [2.24, 2.45) is 0 Å². The minimum Gasteiger partial charge on any atom is -0.484 e. The lowest BCUT2D eigenvalue weighted by molar-refractivity contribution is -0.153. The maximum atomic E-state index is 12.8. The number of ether oxygens (including phenoxy) is 1. The first-order valence-corrected chi connectivity index (χ1v) is 8.60. The van der Waals surface area contributed by atoms with E-state index in [1.165, 1.54) is 23.1 Å². The Morgan fingerprint density at radius 2 is 1.82 bits per heavy atom. The Bertz CT molecular complexity index is 882. The highest BCUT2D eigenvalue weighted by atomic mass is 19.4. The molecule has 0 bridgehead atoms. The van der Waals surface area contributed by atoms with Crippen molar-refractivity contribution in [2.75, 3.05) is 6.61 Å². The molecule has 28 heavy (non-hydrogen) atoms. The van der Waals surface area contributed by atoms with Crippen LogP contribution in [0, 0.1) is 0 Å². The molecule has 1 amide bonds. The molecule has 0 aliphatic carbocycles. The van der Waals surface area contributed by atoms with Gasteiger partial charge in [0.2, 0.25) is 5.91 Å². The third kappa shape index (κ3) is 4.82. The van der Waals surface area contributed by atoms with Gasteiger partial charge in [-0.3, -0.25) is 4.79 Å². The van der Waals surface area contributed by atoms with Gasteiger partial charge in [-0.05, 0) is 28.8 Å². The van der Waals surface area contributed by atoms with Crippen molar-refractivity contribution in [3.63, 3.8) is 0 Å². The zero-order valence-electron chi connectivity index (χ0n) is 14.8. The van der Waals surface area contributed by atoms with Gasteiger partial charge >= 0.3 is 12.1 Å². The van der Waals surface area contributed by atoms with Gasteiger partial charge in [0.25, 0.3) is 0 Å². The number of alkyl halides is 3. The van der Waals surface area contributed by atoms with Gasteiger partial charge in [0.05, 0.1) is 6.42 Å². The van der Waals surface area contributed by atoms with Crippen molar-refractivity contribution in [1.82, 2.24) is 4.90 Å². The molecule has 3 rings (SSSR count). The third-order valence-electron chi connectivity index (χ3n) is 4.51. The molecule has 1 heterocycles. The molecule has 0 saturated heterocycles. The molecular formula is C20H18F3NO4. The van der Waals surface area contributed by atoms with E-state index in [2.05, 4.69) is 0 Å². The standard InChI is InChI=1S/C20H18F3NO4/c21-20(22,23)12-28-16-7-3-4-13(8-16)9-18(25)24-11-15-6-2-1-5-14(15)10-17(24)19(26)27/h1-8,17H,9-12H2,(H,26,27). The average molecular weight is 393 g/mol. The van der Waals surface area contributed by atoms with Crippen LogP contribution in [0.3, 0.4) is 0 Å². The number of halogens is 3. The maximum absolute atomic E-state index is 12.8. The number of carbonyl (C=O) groups excluding carboxylic acids is 1. The van der Waals surface area contributed by atoms with Crippen LogP contribution in [0.1, 0.15) is 16.7 Å². The predicted molar refractivity (Wildman–Crippen MR) is 93.8 cm³/mol. The van der Waals surface area contributed by atoms with Crippen molar-refractivity contribution in [3.05, 3.63) is 65.2 Å². The van der Waals surface area contributed by atoms with Crippen LogP contribution < -0.4 is 4.74 Å². The van der Waals surface area contributed by atoms with Gasteiger partial charge in [-0.2, -0.15) is 13.2 Å². The van der Waals surface area contributed by atoms with Crippen LogP contribution in [-0.2, 0) is 29.0 Å². The summed E-state index contributed by atoms with van der Waals surface area (Å²) in [7, 11) is 0. The summed E-state index contributed by atoms with van der Waals surface area (Å²) in [4.78, 5) is 25.7. The Labute approximate surface area is 159 Å². The summed E-state index contributed by atoms with van der Waals surface area (Å²) in [5.74, 6) is -1.50. The van der Waals surface area contributed by atoms with E-state index in [1.54, 1.807) is 6.07 Å². The minimum atomic E-state index is -4.46. The maximum Gasteiger partial charge on any atom is 0.422 e. The van der Waals surface area contributed by atoms with E-state index in [4.69, 9.17) is 4.74 Å². The van der Waals surface area contributed by atoms with E-state index in [0.29, 0.717) is 5.56 Å². The number of carboxylic acids is 1. The lowest BCUT2D eigenvalue weighted by Gasteiger charge is -2.34. The van der Waals surface area contributed by atoms with Gasteiger partial charge in [0.1, 0.15) is 11.8 Å². The number of rotatable bonds is 5. The highest BCUT2D eigenvalue weighted by Crippen LogP contribution is 2.25. The van der Waals surface area contributed by atoms with Crippen molar-refractivity contribution >= 4 is 11.9 Å². The van der Waals surface area contributed by atoms with Gasteiger partial charge < -0.3 is 14.7 Å². The van der Waals surface area contributed by atoms with Gasteiger partial charge in [0.15, 0.2) is 6.61 Å². The van der Waals surface area contributed by atoms with Gasteiger partial charge in [-0.15, -0.1) is 0 Å². The molecule has 2 aromatic rings. The summed E-state index contributed by atoms with van der Waals surface area (Å²) in [6.07, 6.45) is -4.37. The normalized spacial score (nSPS) is 16.4. The second-order valence-electron chi connectivity index (χ2n) is 6.58. The summed E-state index contributed by atoms with van der Waals surface area (Å²) >= 11 is 0. The number of carbonyl (C=O) groups is 2. The zero-order valence-corrected chi connectivity index (χ0v) is 14.8. The van der Waals surface area contributed by atoms with Gasteiger partial charge in [-0.25, -0.2) is 4.79 Å². The summed E-state index contributed by atoms with van der Waals surface area (Å²) in [5, 5.41) is 9.52. The molecule has 5 nitrogen and oxygen atoms in total. The number of aliphatic carboxylic acids is 1. The van der Waals surface area contributed by atoms with Crippen LogP contribution >= 0.6 is 0 Å². The van der Waals surface area contributed by atoms with Gasteiger partial charge in [-0.1, -0.05) is 36.4 Å². The van der Waals surface area contributed by atoms with Crippen molar-refractivity contribution in [2.45, 2.75) is 31.6 Å². The number of fused-ring (bicyclic) bond motifs is 1. The highest BCUT2D eigenvalue weighted by Gasteiger charge is 2.34. The van der Waals surface area contributed by atoms with Crippen LogP contribution in [0.15, 0.2) is 48.5 Å². The number of hydrogen-bond acceptors (Lipinski definition) is 3. The molecule has 0 spiro atoms. The van der Waals surface area contributed by atoms with Crippen molar-refractivity contribution in [3.8, 4) is 5.75 Å². The second kappa shape index (κ2) is 7.92. The number of amides is 1. The molecule has 1 unspecified atom stereocenters. The molecule has 0 fully saturated rings. The molecule has 0 aromatic heterocycles. The molecule has 0 saturated carbocycles. The molecule has 1 aliphatic rings. The molecule has 1 atom stereocenters. The summed E-state index contributed by atoms with van der Waals surface area (Å²) in [6.45, 7) is -1.25. The number of hydrogen-bond donors (Lipinski definition) is 1. The van der Waals surface area contributed by atoms with E-state index in [1.807, 2.05) is 24.3 Å². The summed E-state index contributed by atoms with van der Waals surface area (Å²) < 4.78 is 41.6. The molecule has 0 radical (unpaired) electrons. The highest BCUT2D eigenvalue weighted by molar-refractivity contribution is 5.86. The Kier molecular flexibility index (Phi) is 5.58. The molecular weight excluding hydrogens is 375 g/mol. The van der Waals surface area contributed by atoms with Crippen LogP contribution in [0.4, 0.5) is 13.2 Å². The fourth-order valence-electron chi connectivity index (χ4n) is 3.19. The Balaban J connectivity index is 1.74. The average Bonchev–Trinajstić information content (AvgIpc) is 2.65. The lowest BCUT2D eigenvalue weighted by atomic mass is 9.93. The van der Waals surface area contributed by atoms with E-state index in [9.17, 15) is 27.9 Å². The first-order valence-electron chi connectivity index (χ1n) is 8.60. The topological polar surface area (TPSA) is 66.8 Å². The third-order valence-corrected chi connectivity index (χ3v) is 4.51. The molecule has 1 N–H and O–H groups in total. The summed E-state index contributed by atoms with van der Waals surface area (Å²) in [6, 6.07) is 12.2. The largest absolute Gasteiger partial charge is 0.484 e. The quantitative estimate of drug-likeness (QED) is 0.847. The van der Waals surface area contributed by atoms with Crippen LogP contribution in [0.2, 0.25) is 0 Å². The van der Waals surface area contributed by atoms with E-state index < -0.39 is 30.7 Å². The number of carboxylic acid groups (broad SMARTS) is 1. The van der Waals surface area contributed by atoms with Crippen LogP contribution in [0.5, 0.6) is 5.75 Å². The number of nitrogens with zero attached hydrogens (tertiary/aromatic N) is 1. The fraction of sp³-hybridized carbons (Fsp3) is 0.300. The molecule has 2 aromatic carbocycles. The van der Waals surface area contributed by atoms with Crippen LogP contribution in [-0.4, -0.2) is 40.7 Å². The first-order chi connectivity index (χ1) is 13.2. The monoisotopic (exact) mass is 393 g/mol. The molecule has 148 valence electrons. The van der Waals surface area contributed by atoms with E-state index >= 15 is 0 Å². The molecule has 8 heteroatoms. The predicted octanol–water partition coefficient (Wildman–Crippen LogP) is 3.21. The Hall–Kier alpha value is -3.03. The van der Waals surface area contributed by atoms with Gasteiger partial charge in [0, 0.05) is 13.0 Å². The van der Waals surface area contributed by atoms with Crippen molar-refractivity contribution in [1.29, 1.82) is 0 Å². The zero-order chi connectivity index (χ0) is 20.3. The fourth-order valence-corrected chi connectivity index (χ4v) is 3.19. The smallest absolute Gasteiger partial charge is 0.422 e. The Morgan fingerprint density at radius 3 is 2.50 bits per heavy atom.